The van der Waals surface area contributed by atoms with Crippen LogP contribution in [0.1, 0.15) is 229 Å². The van der Waals surface area contributed by atoms with Crippen LogP contribution < -0.4 is 0 Å². The summed E-state index contributed by atoms with van der Waals surface area (Å²) in [6.07, 6.45) is 13.4. The summed E-state index contributed by atoms with van der Waals surface area (Å²) in [6.45, 7) is 52.6. The van der Waals surface area contributed by atoms with Crippen LogP contribution in [0.2, 0.25) is 0 Å². The van der Waals surface area contributed by atoms with E-state index in [-0.39, 0.29) is 45.0 Å². The highest BCUT2D eigenvalue weighted by atomic mass is 32.3. The maximum absolute atomic E-state index is 13.6. The molecule has 386 valence electrons. The predicted octanol–water partition coefficient (Wildman–Crippen LogP) is 16.7. The molecule has 0 saturated heterocycles. The second-order valence-corrected chi connectivity index (χ2v) is 27.8. The van der Waals surface area contributed by atoms with E-state index in [4.69, 9.17) is 18.9 Å². The minimum absolute atomic E-state index is 0.00557. The second kappa shape index (κ2) is 27.2. The quantitative estimate of drug-likeness (QED) is 0.0473. The minimum Gasteiger partial charge on any atom is -0.381 e. The van der Waals surface area contributed by atoms with Crippen molar-refractivity contribution < 1.29 is 35.6 Å². The van der Waals surface area contributed by atoms with Crippen LogP contribution in [-0.4, -0.2) is 60.9 Å². The molecule has 0 amide bonds. The first kappa shape index (κ1) is 63.6. The Morgan fingerprint density at radius 2 is 0.812 bits per heavy atom. The summed E-state index contributed by atoms with van der Waals surface area (Å²) in [4.78, 5) is 0. The first-order valence-electron chi connectivity index (χ1n) is 25.7. The molecule has 5 unspecified atom stereocenters. The normalized spacial score (nSPS) is 16.8. The fraction of sp³-hybridized carbons (Fsp3) is 1.00. The number of unbranched alkanes of at least 4 members (excludes halogenated alkanes) is 3. The fourth-order valence-corrected chi connectivity index (χ4v) is 10.1. The molecule has 0 aromatic heterocycles. The molecule has 0 rings (SSSR count). The average molecular weight is 938 g/mol. The maximum Gasteiger partial charge on any atom is 0.326 e. The van der Waals surface area contributed by atoms with Gasteiger partial charge in [-0.2, -0.15) is 8.42 Å². The van der Waals surface area contributed by atoms with E-state index in [9.17, 15) is 16.7 Å². The van der Waals surface area contributed by atoms with Gasteiger partial charge in [0, 0.05) is 33.0 Å². The molecule has 0 spiro atoms. The minimum atomic E-state index is -4.64. The Hall–Kier alpha value is -0.350. The van der Waals surface area contributed by atoms with Crippen molar-refractivity contribution in [2.75, 3.05) is 52.4 Å². The van der Waals surface area contributed by atoms with Crippen molar-refractivity contribution in [1.82, 2.24) is 0 Å². The molecule has 0 aromatic rings. The van der Waals surface area contributed by atoms with Crippen LogP contribution in [-0.2, 0) is 29.2 Å². The molecule has 5 atom stereocenters. The predicted molar refractivity (Wildman–Crippen MR) is 271 cm³/mol. The van der Waals surface area contributed by atoms with Gasteiger partial charge in [-0.25, -0.2) is 4.39 Å². The third-order valence-electron chi connectivity index (χ3n) is 18.2. The van der Waals surface area contributed by atoms with Crippen molar-refractivity contribution in [2.45, 2.75) is 229 Å². The van der Waals surface area contributed by atoms with Crippen LogP contribution in [0.25, 0.3) is 0 Å². The topological polar surface area (TPSA) is 71.1 Å². The van der Waals surface area contributed by atoms with Gasteiger partial charge < -0.3 is 18.9 Å². The molecular weight excluding hydrogens is 827 g/mol. The van der Waals surface area contributed by atoms with E-state index in [1.165, 1.54) is 19.3 Å². The summed E-state index contributed by atoms with van der Waals surface area (Å²) >= 11 is 0. The van der Waals surface area contributed by atoms with Gasteiger partial charge in [0.25, 0.3) is 0 Å². The fourth-order valence-electron chi connectivity index (χ4n) is 9.74. The number of alkyl halides is 1. The Balaban J connectivity index is 5.97. The summed E-state index contributed by atoms with van der Waals surface area (Å²) in [5, 5.41) is 0. The van der Waals surface area contributed by atoms with Crippen molar-refractivity contribution in [1.29, 1.82) is 0 Å². The van der Waals surface area contributed by atoms with Gasteiger partial charge in [-0.15, -0.1) is 3.89 Å². The first-order chi connectivity index (χ1) is 28.9. The van der Waals surface area contributed by atoms with Crippen LogP contribution in [0, 0.1) is 72.9 Å². The average Bonchev–Trinajstić information content (AvgIpc) is 3.11. The molecule has 0 aliphatic heterocycles. The van der Waals surface area contributed by atoms with Gasteiger partial charge in [0.05, 0.1) is 6.61 Å². The summed E-state index contributed by atoms with van der Waals surface area (Å²) in [5.41, 5.74) is 0.827. The summed E-state index contributed by atoms with van der Waals surface area (Å²) in [7, 11) is -4.64. The Morgan fingerprint density at radius 1 is 0.422 bits per heavy atom. The van der Waals surface area contributed by atoms with E-state index in [0.29, 0.717) is 60.7 Å². The van der Waals surface area contributed by atoms with Crippen molar-refractivity contribution in [3.05, 3.63) is 0 Å². The molecule has 0 fully saturated rings. The van der Waals surface area contributed by atoms with E-state index < -0.39 is 23.0 Å². The van der Waals surface area contributed by atoms with Crippen LogP contribution in [0.4, 0.5) is 8.28 Å². The largest absolute Gasteiger partial charge is 0.381 e. The highest BCUT2D eigenvalue weighted by Gasteiger charge is 2.50. The zero-order valence-corrected chi connectivity index (χ0v) is 47.2. The van der Waals surface area contributed by atoms with E-state index in [1.807, 2.05) is 0 Å². The third-order valence-corrected chi connectivity index (χ3v) is 18.6. The van der Waals surface area contributed by atoms with Crippen LogP contribution >= 0.6 is 0 Å². The molecule has 0 saturated carbocycles. The number of hydrogen-bond donors (Lipinski definition) is 0. The zero-order chi connectivity index (χ0) is 50.1. The molecule has 0 aliphatic carbocycles. The van der Waals surface area contributed by atoms with Gasteiger partial charge in [0.1, 0.15) is 0 Å². The molecule has 6 nitrogen and oxygen atoms in total. The standard InChI is InChI=1S/C55H110F2O6S/c1-43(32-39-63-42-64(57,58)59)45(53(16,17)49(5,6)7)29-23-26-36-61-38-28-31-47(55(20,21)51(11,12)13)44(33-40-62-41-56)46(54(18,19)50(8,9)10)30-27-37-60-35-25-22-24-34-52(14,15)48(2,3)4/h43-47H,22-42H2,1-21H3. The number of halogens is 2. The zero-order valence-electron chi connectivity index (χ0n) is 46.3. The lowest BCUT2D eigenvalue weighted by atomic mass is 9.50. The molecule has 0 radical (unpaired) electrons. The van der Waals surface area contributed by atoms with Gasteiger partial charge in [0.2, 0.25) is 0 Å². The molecule has 9 heteroatoms. The molecule has 0 bridgehead atoms. The van der Waals surface area contributed by atoms with E-state index in [1.54, 1.807) is 0 Å². The Morgan fingerprint density at radius 3 is 1.22 bits per heavy atom. The number of hydrogen-bond acceptors (Lipinski definition) is 6. The molecule has 0 aliphatic rings. The highest BCUT2D eigenvalue weighted by Crippen LogP contribution is 2.57. The summed E-state index contributed by atoms with van der Waals surface area (Å²) in [5.74, 6) is 0.889. The maximum atomic E-state index is 13.6. The van der Waals surface area contributed by atoms with Crippen molar-refractivity contribution in [3.63, 3.8) is 0 Å². The summed E-state index contributed by atoms with van der Waals surface area (Å²) < 4.78 is 71.9. The van der Waals surface area contributed by atoms with E-state index in [0.717, 1.165) is 71.0 Å². The van der Waals surface area contributed by atoms with E-state index >= 15 is 0 Å². The lowest BCUT2D eigenvalue weighted by Crippen LogP contribution is -2.48. The number of ether oxygens (including phenoxy) is 4. The Kier molecular flexibility index (Phi) is 27.0. The lowest BCUT2D eigenvalue weighted by molar-refractivity contribution is -0.0766. The van der Waals surface area contributed by atoms with Gasteiger partial charge >= 0.3 is 10.2 Å². The molecule has 0 N–H and O–H groups in total. The van der Waals surface area contributed by atoms with E-state index in [2.05, 4.69) is 145 Å². The van der Waals surface area contributed by atoms with Crippen LogP contribution in [0.5, 0.6) is 0 Å². The molecule has 0 heterocycles. The van der Waals surface area contributed by atoms with Crippen LogP contribution in [0.3, 0.4) is 0 Å². The Bertz CT molecular complexity index is 1350. The lowest BCUT2D eigenvalue weighted by Gasteiger charge is -2.55. The molecule has 0 aromatic carbocycles. The monoisotopic (exact) mass is 937 g/mol. The Labute approximate surface area is 398 Å². The van der Waals surface area contributed by atoms with Gasteiger partial charge in [0.15, 0.2) is 12.8 Å². The molecule has 64 heavy (non-hydrogen) atoms. The van der Waals surface area contributed by atoms with Crippen molar-refractivity contribution in [2.24, 2.45) is 72.9 Å². The van der Waals surface area contributed by atoms with Crippen molar-refractivity contribution in [3.8, 4) is 0 Å². The molecular formula is C55H110F2O6S. The van der Waals surface area contributed by atoms with Crippen molar-refractivity contribution >= 4 is 10.2 Å². The van der Waals surface area contributed by atoms with Crippen LogP contribution in [0.15, 0.2) is 0 Å². The summed E-state index contributed by atoms with van der Waals surface area (Å²) in [6, 6.07) is 0. The van der Waals surface area contributed by atoms with Gasteiger partial charge in [-0.1, -0.05) is 165 Å². The highest BCUT2D eigenvalue weighted by molar-refractivity contribution is 7.86. The smallest absolute Gasteiger partial charge is 0.326 e. The third kappa shape index (κ3) is 21.5. The number of rotatable bonds is 34. The SMILES string of the molecule is CC(CCOCS(=O)(=O)F)C(CCCCOCCCC(C(CCOCF)C(CCCOCCCCCC(C)(C)C(C)(C)C)C(C)(C)C(C)(C)C)C(C)(C)C(C)(C)C)C(C)(C)C(C)(C)C. The van der Waals surface area contributed by atoms with Gasteiger partial charge in [-0.05, 0) is 137 Å². The van der Waals surface area contributed by atoms with Gasteiger partial charge in [-0.3, -0.25) is 0 Å². The first-order valence-corrected chi connectivity index (χ1v) is 27.2. The second-order valence-electron chi connectivity index (χ2n) is 26.5.